The van der Waals surface area contributed by atoms with Crippen LogP contribution in [0.25, 0.3) is 5.69 Å². The van der Waals surface area contributed by atoms with Crippen LogP contribution in [0.15, 0.2) is 24.3 Å². The molecule has 2 amide bonds. The van der Waals surface area contributed by atoms with Gasteiger partial charge in [-0.2, -0.15) is 0 Å². The number of ether oxygens (including phenoxy) is 7. The van der Waals surface area contributed by atoms with Crippen molar-refractivity contribution in [3.8, 4) is 22.9 Å². The van der Waals surface area contributed by atoms with E-state index in [-0.39, 0.29) is 37.8 Å². The summed E-state index contributed by atoms with van der Waals surface area (Å²) in [4.78, 5) is 58.0. The van der Waals surface area contributed by atoms with Crippen molar-refractivity contribution in [1.29, 1.82) is 0 Å². The van der Waals surface area contributed by atoms with E-state index in [0.29, 0.717) is 24.7 Å². The molecule has 0 saturated heterocycles. The monoisotopic (exact) mass is 663 g/mol. The molecule has 0 saturated carbocycles. The molecule has 262 valence electrons. The molecule has 0 unspecified atom stereocenters. The standard InChI is InChI=1S/C33H49N3O11/c1-32(2,20-44-18-16-41-9)30(39)46-26-24(28(37)34(5)6)36(22-12-14-23(43-11)15-13-22)25(29(38)35(7)8)27(26)47-31(40)33(3,4)21-45-19-17-42-10/h12-15H,16-21H2,1-11H3. The number of amides is 2. The number of aromatic nitrogens is 1. The first-order chi connectivity index (χ1) is 22.0. The van der Waals surface area contributed by atoms with Gasteiger partial charge in [0.05, 0.1) is 57.6 Å². The van der Waals surface area contributed by atoms with Gasteiger partial charge >= 0.3 is 11.9 Å². The Labute approximate surface area is 276 Å². The number of nitrogens with zero attached hydrogens (tertiary/aromatic N) is 3. The molecule has 14 heteroatoms. The van der Waals surface area contributed by atoms with Gasteiger partial charge in [0.2, 0.25) is 11.5 Å². The number of hydrogen-bond acceptors (Lipinski definition) is 11. The number of carbonyl (C=O) groups is 4. The van der Waals surface area contributed by atoms with Gasteiger partial charge in [0.1, 0.15) is 5.75 Å². The number of hydrogen-bond donors (Lipinski definition) is 0. The minimum Gasteiger partial charge on any atom is -0.497 e. The third-order valence-corrected chi connectivity index (χ3v) is 6.92. The second-order valence-corrected chi connectivity index (χ2v) is 12.4. The van der Waals surface area contributed by atoms with E-state index in [1.165, 1.54) is 63.9 Å². The van der Waals surface area contributed by atoms with E-state index in [9.17, 15) is 19.2 Å². The maximum absolute atomic E-state index is 14.0. The highest BCUT2D eigenvalue weighted by molar-refractivity contribution is 6.06. The molecule has 1 heterocycles. The van der Waals surface area contributed by atoms with Gasteiger partial charge in [-0.15, -0.1) is 0 Å². The smallest absolute Gasteiger partial charge is 0.319 e. The summed E-state index contributed by atoms with van der Waals surface area (Å²) >= 11 is 0. The first-order valence-corrected chi connectivity index (χ1v) is 15.0. The summed E-state index contributed by atoms with van der Waals surface area (Å²) in [6.45, 7) is 7.43. The van der Waals surface area contributed by atoms with Crippen LogP contribution in [-0.2, 0) is 28.5 Å². The summed E-state index contributed by atoms with van der Waals surface area (Å²) in [6.07, 6.45) is 0. The average molecular weight is 664 g/mol. The number of esters is 2. The van der Waals surface area contributed by atoms with E-state index in [4.69, 9.17) is 33.2 Å². The third-order valence-electron chi connectivity index (χ3n) is 6.92. The zero-order valence-electron chi connectivity index (χ0n) is 29.4. The first-order valence-electron chi connectivity index (χ1n) is 15.0. The largest absolute Gasteiger partial charge is 0.497 e. The lowest BCUT2D eigenvalue weighted by Gasteiger charge is -2.24. The fraction of sp³-hybridized carbons (Fsp3) is 0.576. The molecule has 0 fully saturated rings. The quantitative estimate of drug-likeness (QED) is 0.171. The molecule has 14 nitrogen and oxygen atoms in total. The van der Waals surface area contributed by atoms with E-state index in [2.05, 4.69) is 0 Å². The van der Waals surface area contributed by atoms with Gasteiger partial charge < -0.3 is 43.0 Å². The van der Waals surface area contributed by atoms with Crippen molar-refractivity contribution >= 4 is 23.8 Å². The van der Waals surface area contributed by atoms with Crippen LogP contribution >= 0.6 is 0 Å². The second-order valence-electron chi connectivity index (χ2n) is 12.4. The summed E-state index contributed by atoms with van der Waals surface area (Å²) in [5, 5.41) is 0. The molecular weight excluding hydrogens is 614 g/mol. The van der Waals surface area contributed by atoms with E-state index in [1.807, 2.05) is 0 Å². The van der Waals surface area contributed by atoms with Gasteiger partial charge in [0.25, 0.3) is 11.8 Å². The van der Waals surface area contributed by atoms with Crippen molar-refractivity contribution in [1.82, 2.24) is 14.4 Å². The molecule has 2 aromatic rings. The van der Waals surface area contributed by atoms with Crippen molar-refractivity contribution < 1.29 is 52.3 Å². The lowest BCUT2D eigenvalue weighted by molar-refractivity contribution is -0.150. The van der Waals surface area contributed by atoms with Gasteiger partial charge in [0, 0.05) is 48.1 Å². The first kappa shape index (κ1) is 39.2. The molecule has 0 bridgehead atoms. The lowest BCUT2D eigenvalue weighted by Crippen LogP contribution is -2.36. The SMILES string of the molecule is COCCOCC(C)(C)C(=O)Oc1c(OC(=O)C(C)(C)COCCOC)c(C(=O)N(C)C)n(-c2ccc(OC)cc2)c1C(=O)N(C)C. The van der Waals surface area contributed by atoms with Crippen LogP contribution in [0.3, 0.4) is 0 Å². The van der Waals surface area contributed by atoms with Crippen LogP contribution in [0.1, 0.15) is 48.7 Å². The fourth-order valence-electron chi connectivity index (χ4n) is 4.04. The van der Waals surface area contributed by atoms with E-state index in [0.717, 1.165) is 0 Å². The summed E-state index contributed by atoms with van der Waals surface area (Å²) in [5.74, 6) is -3.13. The summed E-state index contributed by atoms with van der Waals surface area (Å²) < 4.78 is 39.8. The van der Waals surface area contributed by atoms with E-state index < -0.39 is 46.1 Å². The van der Waals surface area contributed by atoms with Crippen LogP contribution in [0.4, 0.5) is 0 Å². The maximum Gasteiger partial charge on any atom is 0.319 e. The highest BCUT2D eigenvalue weighted by Crippen LogP contribution is 2.43. The molecule has 0 aliphatic heterocycles. The van der Waals surface area contributed by atoms with Crippen LogP contribution in [-0.4, -0.2) is 127 Å². The van der Waals surface area contributed by atoms with Crippen molar-refractivity contribution in [2.45, 2.75) is 27.7 Å². The van der Waals surface area contributed by atoms with Crippen LogP contribution < -0.4 is 14.2 Å². The molecule has 0 atom stereocenters. The number of benzene rings is 1. The summed E-state index contributed by atoms with van der Waals surface area (Å²) in [5.41, 5.74) is -2.55. The zero-order valence-corrected chi connectivity index (χ0v) is 29.4. The zero-order chi connectivity index (χ0) is 35.5. The Kier molecular flexibility index (Phi) is 14.4. The Balaban J connectivity index is 2.91. The van der Waals surface area contributed by atoms with Gasteiger partial charge in [-0.3, -0.25) is 23.7 Å². The Hall–Kier alpha value is -3.98. The van der Waals surface area contributed by atoms with E-state index >= 15 is 0 Å². The van der Waals surface area contributed by atoms with E-state index in [1.54, 1.807) is 52.0 Å². The average Bonchev–Trinajstić information content (AvgIpc) is 3.33. The predicted octanol–water partition coefficient (Wildman–Crippen LogP) is 3.08. The van der Waals surface area contributed by atoms with Crippen LogP contribution in [0, 0.1) is 10.8 Å². The number of rotatable bonds is 18. The predicted molar refractivity (Wildman–Crippen MR) is 173 cm³/mol. The molecule has 1 aromatic carbocycles. The molecule has 0 aliphatic rings. The topological polar surface area (TPSA) is 144 Å². The molecule has 47 heavy (non-hydrogen) atoms. The molecule has 0 spiro atoms. The number of methoxy groups -OCH3 is 3. The minimum absolute atomic E-state index is 0.0458. The van der Waals surface area contributed by atoms with Gasteiger partial charge in [-0.1, -0.05) is 0 Å². The van der Waals surface area contributed by atoms with Gasteiger partial charge in [0.15, 0.2) is 11.4 Å². The van der Waals surface area contributed by atoms with Gasteiger partial charge in [-0.05, 0) is 52.0 Å². The third kappa shape index (κ3) is 10.0. The van der Waals surface area contributed by atoms with Crippen LogP contribution in [0.2, 0.25) is 0 Å². The van der Waals surface area contributed by atoms with Crippen LogP contribution in [0.5, 0.6) is 17.2 Å². The molecule has 0 N–H and O–H groups in total. The van der Waals surface area contributed by atoms with Crippen molar-refractivity contribution in [3.05, 3.63) is 35.7 Å². The normalized spacial score (nSPS) is 11.6. The Morgan fingerprint density at radius 1 is 0.638 bits per heavy atom. The molecule has 0 radical (unpaired) electrons. The maximum atomic E-state index is 14.0. The molecular formula is C33H49N3O11. The van der Waals surface area contributed by atoms with Gasteiger partial charge in [-0.25, -0.2) is 0 Å². The highest BCUT2D eigenvalue weighted by atomic mass is 16.6. The number of carbonyl (C=O) groups excluding carboxylic acids is 4. The minimum atomic E-state index is -1.23. The Morgan fingerprint density at radius 3 is 1.34 bits per heavy atom. The van der Waals surface area contributed by atoms with Crippen molar-refractivity contribution in [2.24, 2.45) is 10.8 Å². The van der Waals surface area contributed by atoms with Crippen molar-refractivity contribution in [3.63, 3.8) is 0 Å². The van der Waals surface area contributed by atoms with Crippen molar-refractivity contribution in [2.75, 3.05) is 89.2 Å². The second kappa shape index (κ2) is 17.3. The molecule has 1 aromatic heterocycles. The summed E-state index contributed by atoms with van der Waals surface area (Å²) in [7, 11) is 10.6. The lowest BCUT2D eigenvalue weighted by atomic mass is 9.95. The Morgan fingerprint density at radius 2 is 1.02 bits per heavy atom. The Bertz CT molecular complexity index is 1300. The fourth-order valence-corrected chi connectivity index (χ4v) is 4.04. The highest BCUT2D eigenvalue weighted by Gasteiger charge is 2.42. The molecule has 0 aliphatic carbocycles. The molecule has 2 rings (SSSR count). The summed E-state index contributed by atoms with van der Waals surface area (Å²) in [6, 6.07) is 6.52.